The highest BCUT2D eigenvalue weighted by molar-refractivity contribution is 7.98. The van der Waals surface area contributed by atoms with Crippen LogP contribution in [-0.2, 0) is 13.0 Å². The largest absolute Gasteiger partial charge is 0.356 e. The Hall–Kier alpha value is -1.24. The highest BCUT2D eigenvalue weighted by Crippen LogP contribution is 2.16. The van der Waals surface area contributed by atoms with Crippen molar-refractivity contribution in [2.75, 3.05) is 19.8 Å². The van der Waals surface area contributed by atoms with Crippen LogP contribution in [0.25, 0.3) is 0 Å². The average molecular weight is 341 g/mol. The van der Waals surface area contributed by atoms with Gasteiger partial charge in [0, 0.05) is 32.6 Å². The van der Waals surface area contributed by atoms with Crippen LogP contribution in [0.4, 0.5) is 0 Å². The Balaban J connectivity index is 2.48. The first-order chi connectivity index (χ1) is 11.0. The predicted octanol–water partition coefficient (Wildman–Crippen LogP) is 2.55. The third-order valence-corrected chi connectivity index (χ3v) is 4.28. The number of rotatable bonds is 9. The number of thioether (sulfide) groups is 1. The molecule has 132 valence electrons. The van der Waals surface area contributed by atoms with E-state index in [-0.39, 0.29) is 0 Å². The molecule has 0 radical (unpaired) electrons. The van der Waals surface area contributed by atoms with Crippen LogP contribution in [0.1, 0.15) is 46.4 Å². The molecule has 0 aliphatic heterocycles. The van der Waals surface area contributed by atoms with Crippen LogP contribution in [0.2, 0.25) is 0 Å². The van der Waals surface area contributed by atoms with Crippen LogP contribution < -0.4 is 10.6 Å². The molecular weight excluding hydrogens is 308 g/mol. The van der Waals surface area contributed by atoms with Crippen molar-refractivity contribution in [3.8, 4) is 0 Å². The summed E-state index contributed by atoms with van der Waals surface area (Å²) < 4.78 is 2.25. The number of hydrogen-bond acceptors (Lipinski definition) is 4. The second-order valence-corrected chi connectivity index (χ2v) is 6.94. The summed E-state index contributed by atoms with van der Waals surface area (Å²) in [5.74, 6) is 2.54. The lowest BCUT2D eigenvalue weighted by Gasteiger charge is -2.16. The molecule has 0 saturated heterocycles. The van der Waals surface area contributed by atoms with Crippen molar-refractivity contribution in [2.24, 2.45) is 10.9 Å². The van der Waals surface area contributed by atoms with Gasteiger partial charge in [-0.25, -0.2) is 0 Å². The zero-order valence-corrected chi connectivity index (χ0v) is 16.2. The second-order valence-electron chi connectivity index (χ2n) is 6.16. The molecule has 0 aliphatic carbocycles. The number of nitrogens with zero attached hydrogens (tertiary/aromatic N) is 4. The average Bonchev–Trinajstić information content (AvgIpc) is 2.91. The van der Waals surface area contributed by atoms with E-state index in [1.807, 2.05) is 7.05 Å². The van der Waals surface area contributed by atoms with Gasteiger partial charge < -0.3 is 15.2 Å². The van der Waals surface area contributed by atoms with Crippen LogP contribution >= 0.6 is 11.8 Å². The third-order valence-electron chi connectivity index (χ3n) is 3.61. The fourth-order valence-electron chi connectivity index (χ4n) is 2.19. The van der Waals surface area contributed by atoms with Crippen molar-refractivity contribution in [1.29, 1.82) is 0 Å². The minimum absolute atomic E-state index is 0.430. The Morgan fingerprint density at radius 1 is 1.30 bits per heavy atom. The molecule has 0 bridgehead atoms. The molecule has 1 atom stereocenters. The molecule has 23 heavy (non-hydrogen) atoms. The van der Waals surface area contributed by atoms with Crippen molar-refractivity contribution in [1.82, 2.24) is 25.4 Å². The summed E-state index contributed by atoms with van der Waals surface area (Å²) in [6.45, 7) is 10.6. The number of hydrogen-bond donors (Lipinski definition) is 2. The van der Waals surface area contributed by atoms with Gasteiger partial charge in [0.1, 0.15) is 5.82 Å². The van der Waals surface area contributed by atoms with E-state index in [2.05, 4.69) is 64.3 Å². The highest BCUT2D eigenvalue weighted by atomic mass is 32.2. The van der Waals surface area contributed by atoms with E-state index in [4.69, 9.17) is 0 Å². The van der Waals surface area contributed by atoms with Crippen LogP contribution in [0.15, 0.2) is 10.1 Å². The van der Waals surface area contributed by atoms with E-state index in [9.17, 15) is 0 Å². The summed E-state index contributed by atoms with van der Waals surface area (Å²) in [4.78, 5) is 4.25. The molecule has 6 nitrogen and oxygen atoms in total. The van der Waals surface area contributed by atoms with Gasteiger partial charge in [0.2, 0.25) is 0 Å². The number of aromatic nitrogens is 3. The van der Waals surface area contributed by atoms with Gasteiger partial charge in [0.15, 0.2) is 11.1 Å². The summed E-state index contributed by atoms with van der Waals surface area (Å²) in [6.07, 6.45) is 5.06. The maximum absolute atomic E-state index is 4.36. The van der Waals surface area contributed by atoms with Gasteiger partial charge in [-0.05, 0) is 31.9 Å². The fourth-order valence-corrected chi connectivity index (χ4v) is 2.71. The van der Waals surface area contributed by atoms with Gasteiger partial charge in [-0.2, -0.15) is 0 Å². The Morgan fingerprint density at radius 2 is 2.04 bits per heavy atom. The quantitative estimate of drug-likeness (QED) is 0.313. The Labute approximate surface area is 144 Å². The van der Waals surface area contributed by atoms with Crippen molar-refractivity contribution in [3.63, 3.8) is 0 Å². The lowest BCUT2D eigenvalue weighted by Crippen LogP contribution is -2.42. The highest BCUT2D eigenvalue weighted by Gasteiger charge is 2.12. The molecule has 0 fully saturated rings. The molecule has 0 aliphatic rings. The van der Waals surface area contributed by atoms with Gasteiger partial charge in [-0.15, -0.1) is 10.2 Å². The van der Waals surface area contributed by atoms with E-state index in [0.29, 0.717) is 12.0 Å². The molecule has 7 heteroatoms. The molecule has 1 heterocycles. The molecule has 0 spiro atoms. The van der Waals surface area contributed by atoms with Crippen molar-refractivity contribution in [2.45, 2.75) is 64.7 Å². The third kappa shape index (κ3) is 6.81. The topological polar surface area (TPSA) is 67.1 Å². The monoisotopic (exact) mass is 340 g/mol. The minimum atomic E-state index is 0.430. The number of guanidine groups is 1. The summed E-state index contributed by atoms with van der Waals surface area (Å²) >= 11 is 1.66. The van der Waals surface area contributed by atoms with Gasteiger partial charge >= 0.3 is 0 Å². The van der Waals surface area contributed by atoms with Crippen LogP contribution in [0.5, 0.6) is 0 Å². The lowest BCUT2D eigenvalue weighted by atomic mass is 10.2. The maximum atomic E-state index is 4.36. The van der Waals surface area contributed by atoms with Gasteiger partial charge in [0.05, 0.1) is 0 Å². The second kappa shape index (κ2) is 10.5. The first-order valence-electron chi connectivity index (χ1n) is 8.45. The van der Waals surface area contributed by atoms with Crippen molar-refractivity contribution < 1.29 is 0 Å². The van der Waals surface area contributed by atoms with Crippen molar-refractivity contribution >= 4 is 17.7 Å². The predicted molar refractivity (Wildman–Crippen MR) is 99.2 cm³/mol. The summed E-state index contributed by atoms with van der Waals surface area (Å²) in [7, 11) is 1.81. The van der Waals surface area contributed by atoms with Crippen LogP contribution in [-0.4, -0.2) is 46.6 Å². The Bertz CT molecular complexity index is 483. The van der Waals surface area contributed by atoms with Crippen molar-refractivity contribution in [3.05, 3.63) is 5.82 Å². The molecular formula is C16H32N6S. The number of aliphatic imine (C=N–C) groups is 1. The van der Waals surface area contributed by atoms with E-state index < -0.39 is 0 Å². The van der Waals surface area contributed by atoms with Gasteiger partial charge in [-0.1, -0.05) is 32.5 Å². The van der Waals surface area contributed by atoms with E-state index in [1.165, 1.54) is 0 Å². The lowest BCUT2D eigenvalue weighted by molar-refractivity contribution is 0.477. The molecule has 1 rings (SSSR count). The van der Waals surface area contributed by atoms with Crippen LogP contribution in [0.3, 0.4) is 0 Å². The molecule has 0 saturated carbocycles. The van der Waals surface area contributed by atoms with Gasteiger partial charge in [0.25, 0.3) is 0 Å². The molecule has 1 aromatic heterocycles. The van der Waals surface area contributed by atoms with E-state index in [1.54, 1.807) is 11.8 Å². The molecule has 0 amide bonds. The maximum Gasteiger partial charge on any atom is 0.191 e. The van der Waals surface area contributed by atoms with Crippen LogP contribution in [0, 0.1) is 5.92 Å². The summed E-state index contributed by atoms with van der Waals surface area (Å²) in [5.41, 5.74) is 0. The zero-order valence-electron chi connectivity index (χ0n) is 15.4. The SMILES string of the molecule is CCC(C)NC(=NC)NCCCc1nnc(SC)n1CC(C)C. The number of nitrogens with one attached hydrogen (secondary N) is 2. The standard InChI is InChI=1S/C16H32N6S/c1-7-13(4)19-15(17-5)18-10-8-9-14-20-21-16(23-6)22(14)11-12(2)3/h12-13H,7-11H2,1-6H3,(H2,17,18,19). The molecule has 0 aromatic carbocycles. The fraction of sp³-hybridized carbons (Fsp3) is 0.812. The van der Waals surface area contributed by atoms with Gasteiger partial charge in [-0.3, -0.25) is 4.99 Å². The molecule has 2 N–H and O–H groups in total. The molecule has 1 aromatic rings. The summed E-state index contributed by atoms with van der Waals surface area (Å²) in [6, 6.07) is 0.430. The zero-order chi connectivity index (χ0) is 17.2. The first-order valence-corrected chi connectivity index (χ1v) is 9.67. The number of aryl methyl sites for hydroxylation is 1. The van der Waals surface area contributed by atoms with E-state index >= 15 is 0 Å². The molecule has 1 unspecified atom stereocenters. The Morgan fingerprint density at radius 3 is 2.61 bits per heavy atom. The van der Waals surface area contributed by atoms with E-state index in [0.717, 1.165) is 49.3 Å². The first kappa shape index (κ1) is 19.8. The smallest absolute Gasteiger partial charge is 0.191 e. The summed E-state index contributed by atoms with van der Waals surface area (Å²) in [5, 5.41) is 16.4. The minimum Gasteiger partial charge on any atom is -0.356 e. The Kier molecular flexibility index (Phi) is 9.06. The normalized spacial score (nSPS) is 13.4.